The molecule has 26 heavy (non-hydrogen) atoms. The monoisotopic (exact) mass is 407 g/mol. The molecule has 0 radical (unpaired) electrons. The standard InChI is InChI=1S/C18H18Cl2F3NO2/c19-15-14(24-10-7-13(8-11-24)18(21,22)23)6-9-17(15,20)26-16(25)12-4-2-1-3-5-12/h1-6,9,13-15H,7-8,10-11H2. The van der Waals surface area contributed by atoms with E-state index in [-0.39, 0.29) is 32.0 Å². The normalized spacial score (nSPS) is 30.5. The summed E-state index contributed by atoms with van der Waals surface area (Å²) in [7, 11) is 0. The lowest BCUT2D eigenvalue weighted by Gasteiger charge is -2.38. The first kappa shape index (κ1) is 19.5. The summed E-state index contributed by atoms with van der Waals surface area (Å²) in [5.74, 6) is -1.89. The van der Waals surface area contributed by atoms with Crippen molar-refractivity contribution in [2.75, 3.05) is 13.1 Å². The zero-order valence-electron chi connectivity index (χ0n) is 13.8. The smallest absolute Gasteiger partial charge is 0.391 e. The van der Waals surface area contributed by atoms with E-state index in [4.69, 9.17) is 27.9 Å². The SMILES string of the molecule is O=C(OC1(Cl)C=CC(N2CCC(C(F)(F)F)CC2)C1Cl)c1ccccc1. The number of halogens is 5. The van der Waals surface area contributed by atoms with E-state index in [0.29, 0.717) is 5.56 Å². The van der Waals surface area contributed by atoms with Crippen LogP contribution in [0.15, 0.2) is 42.5 Å². The minimum Gasteiger partial charge on any atom is -0.434 e. The summed E-state index contributed by atoms with van der Waals surface area (Å²) in [5.41, 5.74) is 0.347. The van der Waals surface area contributed by atoms with Crippen LogP contribution in [-0.2, 0) is 4.74 Å². The summed E-state index contributed by atoms with van der Waals surface area (Å²) in [6, 6.07) is 8.00. The summed E-state index contributed by atoms with van der Waals surface area (Å²) in [6.07, 6.45) is -0.906. The molecule has 8 heteroatoms. The van der Waals surface area contributed by atoms with Gasteiger partial charge in [0.1, 0.15) is 5.38 Å². The Labute approximate surface area is 159 Å². The zero-order valence-corrected chi connectivity index (χ0v) is 15.3. The van der Waals surface area contributed by atoms with Gasteiger partial charge in [-0.25, -0.2) is 4.79 Å². The highest BCUT2D eigenvalue weighted by Crippen LogP contribution is 2.41. The molecule has 2 aliphatic rings. The predicted octanol–water partition coefficient (Wildman–Crippen LogP) is 4.60. The summed E-state index contributed by atoms with van der Waals surface area (Å²) < 4.78 is 43.8. The van der Waals surface area contributed by atoms with Gasteiger partial charge in [0.15, 0.2) is 0 Å². The largest absolute Gasteiger partial charge is 0.434 e. The van der Waals surface area contributed by atoms with Crippen LogP contribution in [0.4, 0.5) is 13.2 Å². The third kappa shape index (κ3) is 4.02. The molecule has 0 saturated carbocycles. The van der Waals surface area contributed by atoms with Crippen molar-refractivity contribution in [3.63, 3.8) is 0 Å². The van der Waals surface area contributed by atoms with Gasteiger partial charge in [-0.3, -0.25) is 4.90 Å². The number of benzene rings is 1. The van der Waals surface area contributed by atoms with Crippen molar-refractivity contribution in [1.29, 1.82) is 0 Å². The van der Waals surface area contributed by atoms with Crippen LogP contribution in [0.2, 0.25) is 0 Å². The second kappa shape index (κ2) is 7.41. The number of hydrogen-bond donors (Lipinski definition) is 0. The number of carbonyl (C=O) groups excluding carboxylic acids is 1. The highest BCUT2D eigenvalue weighted by atomic mass is 35.5. The minimum atomic E-state index is -4.17. The van der Waals surface area contributed by atoms with Gasteiger partial charge < -0.3 is 4.74 Å². The maximum Gasteiger partial charge on any atom is 0.391 e. The Morgan fingerprint density at radius 2 is 1.81 bits per heavy atom. The van der Waals surface area contributed by atoms with Crippen molar-refractivity contribution in [2.45, 2.75) is 35.5 Å². The van der Waals surface area contributed by atoms with Gasteiger partial charge in [-0.2, -0.15) is 13.2 Å². The van der Waals surface area contributed by atoms with Crippen molar-refractivity contribution >= 4 is 29.2 Å². The molecular weight excluding hydrogens is 390 g/mol. The molecular formula is C18H18Cl2F3NO2. The molecule has 1 aromatic carbocycles. The Morgan fingerprint density at radius 1 is 1.19 bits per heavy atom. The fraction of sp³-hybridized carbons (Fsp3) is 0.500. The van der Waals surface area contributed by atoms with E-state index in [1.165, 1.54) is 6.08 Å². The van der Waals surface area contributed by atoms with Gasteiger partial charge in [-0.05, 0) is 44.1 Å². The number of rotatable bonds is 3. The van der Waals surface area contributed by atoms with Crippen LogP contribution in [0.25, 0.3) is 0 Å². The van der Waals surface area contributed by atoms with E-state index in [1.807, 2.05) is 4.90 Å². The molecule has 1 saturated heterocycles. The van der Waals surface area contributed by atoms with E-state index in [9.17, 15) is 18.0 Å². The molecule has 1 fully saturated rings. The van der Waals surface area contributed by atoms with E-state index in [2.05, 4.69) is 0 Å². The Hall–Kier alpha value is -1.24. The number of hydrogen-bond acceptors (Lipinski definition) is 3. The highest BCUT2D eigenvalue weighted by Gasteiger charge is 2.49. The molecule has 142 valence electrons. The molecule has 0 N–H and O–H groups in total. The summed E-state index contributed by atoms with van der Waals surface area (Å²) in [5, 5.41) is -2.32. The molecule has 0 spiro atoms. The van der Waals surface area contributed by atoms with E-state index >= 15 is 0 Å². The summed E-state index contributed by atoms with van der Waals surface area (Å²) in [4.78, 5) is 14.1. The Bertz CT molecular complexity index is 675. The molecule has 3 rings (SSSR count). The van der Waals surface area contributed by atoms with Gasteiger partial charge in [0, 0.05) is 6.04 Å². The molecule has 1 aliphatic heterocycles. The van der Waals surface area contributed by atoms with E-state index in [1.54, 1.807) is 36.4 Å². The second-order valence-corrected chi connectivity index (χ2v) is 7.62. The van der Waals surface area contributed by atoms with Crippen molar-refractivity contribution in [3.05, 3.63) is 48.0 Å². The first-order chi connectivity index (χ1) is 12.2. The molecule has 1 heterocycles. The van der Waals surface area contributed by atoms with Crippen LogP contribution in [0.5, 0.6) is 0 Å². The number of nitrogens with zero attached hydrogens (tertiary/aromatic N) is 1. The molecule has 0 amide bonds. The van der Waals surface area contributed by atoms with Crippen LogP contribution >= 0.6 is 23.2 Å². The van der Waals surface area contributed by atoms with Crippen molar-refractivity contribution in [2.24, 2.45) is 5.92 Å². The van der Waals surface area contributed by atoms with E-state index < -0.39 is 28.5 Å². The molecule has 0 bridgehead atoms. The molecule has 3 atom stereocenters. The van der Waals surface area contributed by atoms with Gasteiger partial charge >= 0.3 is 12.1 Å². The Kier molecular flexibility index (Phi) is 5.56. The zero-order chi connectivity index (χ0) is 18.9. The van der Waals surface area contributed by atoms with Crippen LogP contribution in [0, 0.1) is 5.92 Å². The number of esters is 1. The van der Waals surface area contributed by atoms with Crippen LogP contribution < -0.4 is 0 Å². The first-order valence-corrected chi connectivity index (χ1v) is 9.13. The van der Waals surface area contributed by atoms with Gasteiger partial charge in [0.05, 0.1) is 11.5 Å². The predicted molar refractivity (Wildman–Crippen MR) is 93.4 cm³/mol. The van der Waals surface area contributed by atoms with Crippen molar-refractivity contribution in [1.82, 2.24) is 4.90 Å². The summed E-state index contributed by atoms with van der Waals surface area (Å²) >= 11 is 12.9. The molecule has 3 nitrogen and oxygen atoms in total. The third-order valence-electron chi connectivity index (χ3n) is 4.87. The molecule has 1 aromatic rings. The average Bonchev–Trinajstić information content (AvgIpc) is 2.90. The number of carbonyl (C=O) groups is 1. The quantitative estimate of drug-likeness (QED) is 0.416. The third-order valence-corrected chi connectivity index (χ3v) is 6.00. The maximum atomic E-state index is 12.8. The molecule has 0 aromatic heterocycles. The molecule has 3 unspecified atom stereocenters. The first-order valence-electron chi connectivity index (χ1n) is 8.32. The fourth-order valence-electron chi connectivity index (χ4n) is 3.35. The van der Waals surface area contributed by atoms with Gasteiger partial charge in [0.2, 0.25) is 5.06 Å². The van der Waals surface area contributed by atoms with Crippen LogP contribution in [-0.4, -0.2) is 46.6 Å². The number of ether oxygens (including phenoxy) is 1. The Morgan fingerprint density at radius 3 is 2.38 bits per heavy atom. The summed E-state index contributed by atoms with van der Waals surface area (Å²) in [6.45, 7) is 0.532. The minimum absolute atomic E-state index is 0.0243. The van der Waals surface area contributed by atoms with Crippen LogP contribution in [0.3, 0.4) is 0 Å². The highest BCUT2D eigenvalue weighted by molar-refractivity contribution is 6.34. The van der Waals surface area contributed by atoms with Crippen molar-refractivity contribution < 1.29 is 22.7 Å². The average molecular weight is 408 g/mol. The number of likely N-dealkylation sites (tertiary alicyclic amines) is 1. The molecule has 1 aliphatic carbocycles. The maximum absolute atomic E-state index is 12.8. The topological polar surface area (TPSA) is 29.5 Å². The lowest BCUT2D eigenvalue weighted by atomic mass is 9.95. The van der Waals surface area contributed by atoms with Crippen LogP contribution in [0.1, 0.15) is 23.2 Å². The number of alkyl halides is 5. The second-order valence-electron chi connectivity index (χ2n) is 6.56. The Balaban J connectivity index is 1.62. The van der Waals surface area contributed by atoms with Gasteiger partial charge in [-0.15, -0.1) is 11.6 Å². The van der Waals surface area contributed by atoms with E-state index in [0.717, 1.165) is 0 Å². The van der Waals surface area contributed by atoms with Crippen molar-refractivity contribution in [3.8, 4) is 0 Å². The lowest BCUT2D eigenvalue weighted by Crippen LogP contribution is -2.50. The lowest BCUT2D eigenvalue weighted by molar-refractivity contribution is -0.185. The fourth-order valence-corrected chi connectivity index (χ4v) is 3.98. The van der Waals surface area contributed by atoms with Gasteiger partial charge in [-0.1, -0.05) is 35.9 Å². The number of piperidine rings is 1. The van der Waals surface area contributed by atoms with Gasteiger partial charge in [0.25, 0.3) is 0 Å².